The van der Waals surface area contributed by atoms with Crippen molar-refractivity contribution in [1.29, 1.82) is 0 Å². The monoisotopic (exact) mass is 452 g/mol. The number of amides is 1. The minimum Gasteiger partial charge on any atom is -0.368 e. The fourth-order valence-corrected chi connectivity index (χ4v) is 4.84. The van der Waals surface area contributed by atoms with E-state index in [-0.39, 0.29) is 5.91 Å². The lowest BCUT2D eigenvalue weighted by Gasteiger charge is -2.36. The van der Waals surface area contributed by atoms with Crippen LogP contribution in [-0.4, -0.2) is 46.4 Å². The predicted octanol–water partition coefficient (Wildman–Crippen LogP) is 5.13. The number of imidazole rings is 1. The first-order valence-electron chi connectivity index (χ1n) is 12.0. The van der Waals surface area contributed by atoms with Crippen LogP contribution < -0.4 is 4.90 Å². The van der Waals surface area contributed by atoms with Crippen LogP contribution in [0.1, 0.15) is 27.9 Å². The molecule has 1 aliphatic heterocycles. The molecule has 0 atom stereocenters. The highest BCUT2D eigenvalue weighted by atomic mass is 16.2. The molecule has 34 heavy (non-hydrogen) atoms. The standard InChI is InChI=1S/C29H32N4O/c1-20-7-5-9-25(17-20)31-13-15-32(16-14-31)27(34)19-26-28(24-11-10-21(2)23(4)18-24)30-29-22(3)8-6-12-33(26)29/h5-12,17-18H,13-16,19H2,1-4H3. The maximum Gasteiger partial charge on any atom is 0.228 e. The zero-order valence-electron chi connectivity index (χ0n) is 20.5. The Morgan fingerprint density at radius 2 is 1.65 bits per heavy atom. The Morgan fingerprint density at radius 3 is 2.38 bits per heavy atom. The van der Waals surface area contributed by atoms with Crippen molar-refractivity contribution in [2.45, 2.75) is 34.1 Å². The molecule has 0 spiro atoms. The van der Waals surface area contributed by atoms with Gasteiger partial charge in [0.25, 0.3) is 0 Å². The average molecular weight is 453 g/mol. The lowest BCUT2D eigenvalue weighted by atomic mass is 10.0. The van der Waals surface area contributed by atoms with Gasteiger partial charge in [0.15, 0.2) is 0 Å². The Kier molecular flexibility index (Phi) is 5.86. The lowest BCUT2D eigenvalue weighted by Crippen LogP contribution is -2.49. The molecule has 1 amide bonds. The molecule has 0 bridgehead atoms. The minimum atomic E-state index is 0.164. The van der Waals surface area contributed by atoms with Gasteiger partial charge in [0.2, 0.25) is 5.91 Å². The van der Waals surface area contributed by atoms with Crippen LogP contribution in [0.15, 0.2) is 60.8 Å². The van der Waals surface area contributed by atoms with E-state index in [0.717, 1.165) is 54.3 Å². The summed E-state index contributed by atoms with van der Waals surface area (Å²) in [6.07, 6.45) is 2.37. The van der Waals surface area contributed by atoms with Gasteiger partial charge < -0.3 is 14.2 Å². The van der Waals surface area contributed by atoms with Crippen LogP contribution >= 0.6 is 0 Å². The third kappa shape index (κ3) is 4.18. The van der Waals surface area contributed by atoms with Crippen molar-refractivity contribution in [2.24, 2.45) is 0 Å². The molecule has 2 aromatic heterocycles. The number of piperazine rings is 1. The molecule has 174 valence electrons. The van der Waals surface area contributed by atoms with E-state index in [1.54, 1.807) is 0 Å². The SMILES string of the molecule is Cc1cccc(N2CCN(C(=O)Cc3c(-c4ccc(C)c(C)c4)nc4c(C)cccn34)CC2)c1. The first kappa shape index (κ1) is 22.2. The van der Waals surface area contributed by atoms with Crippen LogP contribution in [0.5, 0.6) is 0 Å². The summed E-state index contributed by atoms with van der Waals surface area (Å²) in [7, 11) is 0. The molecule has 1 aliphatic rings. The van der Waals surface area contributed by atoms with Crippen LogP contribution in [0.25, 0.3) is 16.9 Å². The number of aromatic nitrogens is 2. The summed E-state index contributed by atoms with van der Waals surface area (Å²) in [6, 6.07) is 19.1. The van der Waals surface area contributed by atoms with Gasteiger partial charge >= 0.3 is 0 Å². The van der Waals surface area contributed by atoms with E-state index in [1.807, 2.05) is 17.2 Å². The number of anilines is 1. The zero-order chi connectivity index (χ0) is 23.8. The lowest BCUT2D eigenvalue weighted by molar-refractivity contribution is -0.130. The number of nitrogens with zero attached hydrogens (tertiary/aromatic N) is 4. The maximum absolute atomic E-state index is 13.5. The molecular formula is C29H32N4O. The average Bonchev–Trinajstić information content (AvgIpc) is 3.20. The van der Waals surface area contributed by atoms with E-state index < -0.39 is 0 Å². The van der Waals surface area contributed by atoms with E-state index in [4.69, 9.17) is 4.98 Å². The number of hydrogen-bond donors (Lipinski definition) is 0. The molecule has 1 fully saturated rings. The molecule has 5 nitrogen and oxygen atoms in total. The molecule has 5 heteroatoms. The summed E-state index contributed by atoms with van der Waals surface area (Å²) < 4.78 is 2.10. The van der Waals surface area contributed by atoms with E-state index in [2.05, 4.69) is 85.5 Å². The second-order valence-corrected chi connectivity index (χ2v) is 9.47. The molecule has 0 radical (unpaired) electrons. The van der Waals surface area contributed by atoms with Gasteiger partial charge in [-0.05, 0) is 74.2 Å². The predicted molar refractivity (Wildman–Crippen MR) is 139 cm³/mol. The van der Waals surface area contributed by atoms with Crippen molar-refractivity contribution in [3.05, 3.63) is 88.7 Å². The van der Waals surface area contributed by atoms with Crippen LogP contribution in [0, 0.1) is 27.7 Å². The molecule has 0 saturated carbocycles. The quantitative estimate of drug-likeness (QED) is 0.431. The molecule has 1 saturated heterocycles. The number of benzene rings is 2. The Morgan fingerprint density at radius 1 is 0.853 bits per heavy atom. The second kappa shape index (κ2) is 8.98. The normalized spacial score (nSPS) is 14.1. The molecular weight excluding hydrogens is 420 g/mol. The van der Waals surface area contributed by atoms with Crippen LogP contribution in [0.2, 0.25) is 0 Å². The zero-order valence-corrected chi connectivity index (χ0v) is 20.5. The number of carbonyl (C=O) groups is 1. The molecule has 0 aliphatic carbocycles. The largest absolute Gasteiger partial charge is 0.368 e. The van der Waals surface area contributed by atoms with Gasteiger partial charge in [-0.25, -0.2) is 4.98 Å². The van der Waals surface area contributed by atoms with Crippen molar-refractivity contribution < 1.29 is 4.79 Å². The molecule has 4 aromatic rings. The molecule has 2 aromatic carbocycles. The molecule has 0 unspecified atom stereocenters. The first-order chi connectivity index (χ1) is 16.4. The van der Waals surface area contributed by atoms with Gasteiger partial charge in [-0.3, -0.25) is 4.79 Å². The number of rotatable bonds is 4. The molecule has 0 N–H and O–H groups in total. The summed E-state index contributed by atoms with van der Waals surface area (Å²) in [5.74, 6) is 0.164. The van der Waals surface area contributed by atoms with Gasteiger partial charge in [-0.15, -0.1) is 0 Å². The van der Waals surface area contributed by atoms with Gasteiger partial charge in [-0.2, -0.15) is 0 Å². The number of carbonyl (C=O) groups excluding carboxylic acids is 1. The van der Waals surface area contributed by atoms with Crippen LogP contribution in [-0.2, 0) is 11.2 Å². The van der Waals surface area contributed by atoms with Crippen molar-refractivity contribution in [3.63, 3.8) is 0 Å². The fraction of sp³-hybridized carbons (Fsp3) is 0.310. The third-order valence-corrected chi connectivity index (χ3v) is 7.04. The van der Waals surface area contributed by atoms with Crippen molar-refractivity contribution in [3.8, 4) is 11.3 Å². The van der Waals surface area contributed by atoms with E-state index in [1.165, 1.54) is 22.4 Å². The summed E-state index contributed by atoms with van der Waals surface area (Å²) in [4.78, 5) is 22.8. The number of aryl methyl sites for hydroxylation is 4. The summed E-state index contributed by atoms with van der Waals surface area (Å²) in [5, 5.41) is 0. The Bertz CT molecular complexity index is 1360. The number of fused-ring (bicyclic) bond motifs is 1. The minimum absolute atomic E-state index is 0.164. The number of hydrogen-bond acceptors (Lipinski definition) is 3. The van der Waals surface area contributed by atoms with Crippen LogP contribution in [0.4, 0.5) is 5.69 Å². The van der Waals surface area contributed by atoms with Crippen LogP contribution in [0.3, 0.4) is 0 Å². The summed E-state index contributed by atoms with van der Waals surface area (Å²) >= 11 is 0. The molecule has 3 heterocycles. The summed E-state index contributed by atoms with van der Waals surface area (Å²) in [6.45, 7) is 11.6. The van der Waals surface area contributed by atoms with E-state index in [9.17, 15) is 4.79 Å². The van der Waals surface area contributed by atoms with Crippen molar-refractivity contribution in [2.75, 3.05) is 31.1 Å². The third-order valence-electron chi connectivity index (χ3n) is 7.04. The first-order valence-corrected chi connectivity index (χ1v) is 12.0. The van der Waals surface area contributed by atoms with Crippen molar-refractivity contribution >= 4 is 17.2 Å². The Labute approximate surface area is 201 Å². The number of pyridine rings is 1. The van der Waals surface area contributed by atoms with Gasteiger partial charge in [-0.1, -0.05) is 30.3 Å². The molecule has 5 rings (SSSR count). The second-order valence-electron chi connectivity index (χ2n) is 9.47. The van der Waals surface area contributed by atoms with Gasteiger partial charge in [0.1, 0.15) is 5.65 Å². The highest BCUT2D eigenvalue weighted by molar-refractivity contribution is 5.82. The van der Waals surface area contributed by atoms with E-state index >= 15 is 0 Å². The maximum atomic E-state index is 13.5. The van der Waals surface area contributed by atoms with Gasteiger partial charge in [0, 0.05) is 43.6 Å². The van der Waals surface area contributed by atoms with E-state index in [0.29, 0.717) is 6.42 Å². The van der Waals surface area contributed by atoms with Gasteiger partial charge in [0.05, 0.1) is 17.8 Å². The highest BCUT2D eigenvalue weighted by Crippen LogP contribution is 2.28. The summed E-state index contributed by atoms with van der Waals surface area (Å²) in [5.41, 5.74) is 9.96. The topological polar surface area (TPSA) is 40.8 Å². The Hall–Kier alpha value is -3.60. The smallest absolute Gasteiger partial charge is 0.228 e. The highest BCUT2D eigenvalue weighted by Gasteiger charge is 2.25. The van der Waals surface area contributed by atoms with Crippen molar-refractivity contribution in [1.82, 2.24) is 14.3 Å². The fourth-order valence-electron chi connectivity index (χ4n) is 4.84. The Balaban J connectivity index is 1.40.